The van der Waals surface area contributed by atoms with Crippen molar-refractivity contribution in [2.75, 3.05) is 18.0 Å². The van der Waals surface area contributed by atoms with Crippen molar-refractivity contribution < 1.29 is 0 Å². The number of hydrogen-bond donors (Lipinski definition) is 0. The monoisotopic (exact) mass is 446 g/mol. The Labute approximate surface area is 189 Å². The van der Waals surface area contributed by atoms with Crippen LogP contribution in [0.15, 0.2) is 52.3 Å². The van der Waals surface area contributed by atoms with Crippen molar-refractivity contribution in [3.63, 3.8) is 0 Å². The Morgan fingerprint density at radius 3 is 2.53 bits per heavy atom. The molecule has 1 fully saturated rings. The molecular weight excluding hydrogens is 428 g/mol. The quantitative estimate of drug-likeness (QED) is 0.609. The Morgan fingerprint density at radius 2 is 1.91 bits per heavy atom. The van der Waals surface area contributed by atoms with Gasteiger partial charge in [-0.25, -0.2) is 9.36 Å². The van der Waals surface area contributed by atoms with Crippen LogP contribution in [0.2, 0.25) is 5.02 Å². The third-order valence-electron chi connectivity index (χ3n) is 5.31. The molecule has 3 heterocycles. The van der Waals surface area contributed by atoms with Gasteiger partial charge in [-0.1, -0.05) is 37.6 Å². The molecule has 4 rings (SSSR count). The van der Waals surface area contributed by atoms with Gasteiger partial charge in [-0.3, -0.25) is 14.3 Å². The van der Waals surface area contributed by atoms with Crippen LogP contribution in [0, 0.1) is 28.1 Å². The van der Waals surface area contributed by atoms with E-state index in [2.05, 4.69) is 24.9 Å². The molecule has 8 nitrogen and oxygen atoms in total. The fourth-order valence-corrected chi connectivity index (χ4v) is 4.24. The smallest absolute Gasteiger partial charge is 0.338 e. The second-order valence-corrected chi connectivity index (χ2v) is 8.88. The summed E-state index contributed by atoms with van der Waals surface area (Å²) in [5.41, 5.74) is 0.101. The van der Waals surface area contributed by atoms with E-state index in [0.29, 0.717) is 30.0 Å². The number of pyridine rings is 1. The lowest BCUT2D eigenvalue weighted by atomic mass is 9.84. The summed E-state index contributed by atoms with van der Waals surface area (Å²) in [4.78, 5) is 33.1. The molecule has 0 N–H and O–H groups in total. The largest absolute Gasteiger partial charge is 0.356 e. The van der Waals surface area contributed by atoms with Gasteiger partial charge in [0.1, 0.15) is 12.4 Å². The average molecular weight is 447 g/mol. The van der Waals surface area contributed by atoms with E-state index >= 15 is 0 Å². The summed E-state index contributed by atoms with van der Waals surface area (Å²) in [5.74, 6) is 0.377. The predicted molar refractivity (Wildman–Crippen MR) is 121 cm³/mol. The maximum absolute atomic E-state index is 13.8. The number of nitrogens with zero attached hydrogens (tertiary/aromatic N) is 6. The van der Waals surface area contributed by atoms with Crippen LogP contribution < -0.4 is 16.1 Å². The Morgan fingerprint density at radius 1 is 1.16 bits per heavy atom. The highest BCUT2D eigenvalue weighted by Gasteiger charge is 2.38. The zero-order chi connectivity index (χ0) is 23.0. The van der Waals surface area contributed by atoms with E-state index in [9.17, 15) is 20.1 Å². The summed E-state index contributed by atoms with van der Waals surface area (Å²) in [6.07, 6.45) is 2.77. The minimum Gasteiger partial charge on any atom is -0.356 e. The summed E-state index contributed by atoms with van der Waals surface area (Å²) in [6.45, 7) is 5.16. The van der Waals surface area contributed by atoms with Gasteiger partial charge in [0.05, 0.1) is 40.2 Å². The topological polar surface area (TPSA) is 108 Å². The van der Waals surface area contributed by atoms with Gasteiger partial charge in [0, 0.05) is 19.3 Å². The Kier molecular flexibility index (Phi) is 5.33. The van der Waals surface area contributed by atoms with Crippen molar-refractivity contribution >= 4 is 17.4 Å². The van der Waals surface area contributed by atoms with Gasteiger partial charge < -0.3 is 4.90 Å². The number of halogens is 1. The first-order chi connectivity index (χ1) is 15.3. The maximum Gasteiger partial charge on any atom is 0.338 e. The standard InChI is InChI=1S/C23H19ClN6O2/c1-23(2)13-28(14-23)20-19(16-5-3-4-15(8-16)10-26)21(31)30(22(32)29(20)7-6-25)18-9-17(24)11-27-12-18/h3-5,8-9,11-12H,7,13-14H2,1-2H3. The van der Waals surface area contributed by atoms with Crippen LogP contribution >= 0.6 is 11.6 Å². The molecule has 0 unspecified atom stereocenters. The van der Waals surface area contributed by atoms with Crippen LogP contribution in [0.4, 0.5) is 5.82 Å². The number of benzene rings is 1. The van der Waals surface area contributed by atoms with E-state index in [1.165, 1.54) is 23.0 Å². The van der Waals surface area contributed by atoms with E-state index in [1.807, 2.05) is 11.0 Å². The molecule has 1 aliphatic rings. The van der Waals surface area contributed by atoms with Gasteiger partial charge >= 0.3 is 5.69 Å². The highest BCUT2D eigenvalue weighted by Crippen LogP contribution is 2.37. The third-order valence-corrected chi connectivity index (χ3v) is 5.52. The number of anilines is 1. The molecule has 0 saturated carbocycles. The van der Waals surface area contributed by atoms with E-state index in [-0.39, 0.29) is 28.2 Å². The van der Waals surface area contributed by atoms with Crippen molar-refractivity contribution in [2.45, 2.75) is 20.4 Å². The summed E-state index contributed by atoms with van der Waals surface area (Å²) in [7, 11) is 0. The van der Waals surface area contributed by atoms with Gasteiger partial charge in [-0.05, 0) is 29.2 Å². The second-order valence-electron chi connectivity index (χ2n) is 8.44. The molecular formula is C23H19ClN6O2. The van der Waals surface area contributed by atoms with Crippen molar-refractivity contribution in [1.82, 2.24) is 14.1 Å². The molecule has 32 heavy (non-hydrogen) atoms. The molecule has 0 spiro atoms. The number of hydrogen-bond acceptors (Lipinski definition) is 6. The first kappa shape index (κ1) is 21.4. The van der Waals surface area contributed by atoms with Crippen LogP contribution in [0.5, 0.6) is 0 Å². The van der Waals surface area contributed by atoms with Gasteiger partial charge in [-0.2, -0.15) is 10.5 Å². The SMILES string of the molecule is CC1(C)CN(c2c(-c3cccc(C#N)c3)c(=O)n(-c3cncc(Cl)c3)c(=O)n2CC#N)C1. The van der Waals surface area contributed by atoms with Crippen molar-refractivity contribution in [1.29, 1.82) is 10.5 Å². The van der Waals surface area contributed by atoms with Gasteiger partial charge in [-0.15, -0.1) is 0 Å². The molecule has 2 aromatic heterocycles. The minimum atomic E-state index is -0.652. The van der Waals surface area contributed by atoms with Crippen LogP contribution in [0.3, 0.4) is 0 Å². The van der Waals surface area contributed by atoms with E-state index in [4.69, 9.17) is 11.6 Å². The maximum atomic E-state index is 13.8. The van der Waals surface area contributed by atoms with E-state index < -0.39 is 11.2 Å². The lowest BCUT2D eigenvalue weighted by Crippen LogP contribution is -2.56. The number of rotatable bonds is 4. The van der Waals surface area contributed by atoms with Crippen molar-refractivity contribution in [2.24, 2.45) is 5.41 Å². The first-order valence-corrected chi connectivity index (χ1v) is 10.3. The van der Waals surface area contributed by atoms with Gasteiger partial charge in [0.15, 0.2) is 0 Å². The number of aromatic nitrogens is 3. The second kappa shape index (κ2) is 7.99. The molecule has 0 bridgehead atoms. The molecule has 1 aliphatic heterocycles. The lowest BCUT2D eigenvalue weighted by Gasteiger charge is -2.48. The number of nitriles is 2. The summed E-state index contributed by atoms with van der Waals surface area (Å²) >= 11 is 6.06. The molecule has 1 saturated heterocycles. The first-order valence-electron chi connectivity index (χ1n) is 9.89. The normalized spacial score (nSPS) is 14.3. The predicted octanol–water partition coefficient (Wildman–Crippen LogP) is 2.96. The highest BCUT2D eigenvalue weighted by atomic mass is 35.5. The Balaban J connectivity index is 2.11. The van der Waals surface area contributed by atoms with Crippen LogP contribution in [-0.4, -0.2) is 27.2 Å². The minimum absolute atomic E-state index is 0.00499. The van der Waals surface area contributed by atoms with Crippen molar-refractivity contribution in [3.05, 3.63) is 74.1 Å². The zero-order valence-corrected chi connectivity index (χ0v) is 18.3. The molecule has 0 atom stereocenters. The molecule has 9 heteroatoms. The highest BCUT2D eigenvalue weighted by molar-refractivity contribution is 6.30. The molecule has 0 aliphatic carbocycles. The van der Waals surface area contributed by atoms with Gasteiger partial charge in [0.25, 0.3) is 5.56 Å². The molecule has 0 amide bonds. The molecule has 0 radical (unpaired) electrons. The Hall–Kier alpha value is -3.88. The third kappa shape index (κ3) is 3.66. The molecule has 1 aromatic carbocycles. The van der Waals surface area contributed by atoms with Crippen LogP contribution in [0.25, 0.3) is 16.8 Å². The van der Waals surface area contributed by atoms with Crippen molar-refractivity contribution in [3.8, 4) is 29.0 Å². The fourth-order valence-electron chi connectivity index (χ4n) is 4.07. The van der Waals surface area contributed by atoms with Gasteiger partial charge in [0.2, 0.25) is 0 Å². The molecule has 160 valence electrons. The Bertz CT molecular complexity index is 1420. The summed E-state index contributed by atoms with van der Waals surface area (Å²) in [5, 5.41) is 19.1. The van der Waals surface area contributed by atoms with Crippen LogP contribution in [0.1, 0.15) is 19.4 Å². The zero-order valence-electron chi connectivity index (χ0n) is 17.5. The fraction of sp³-hybridized carbons (Fsp3) is 0.261. The molecule has 3 aromatic rings. The van der Waals surface area contributed by atoms with E-state index in [1.54, 1.807) is 24.3 Å². The van der Waals surface area contributed by atoms with Crippen LogP contribution in [-0.2, 0) is 6.54 Å². The average Bonchev–Trinajstić information content (AvgIpc) is 2.74. The summed E-state index contributed by atoms with van der Waals surface area (Å²) in [6, 6.07) is 12.2. The van der Waals surface area contributed by atoms with E-state index in [0.717, 1.165) is 4.57 Å². The summed E-state index contributed by atoms with van der Waals surface area (Å²) < 4.78 is 2.27. The lowest BCUT2D eigenvalue weighted by molar-refractivity contribution is 0.272.